The van der Waals surface area contributed by atoms with Crippen molar-refractivity contribution in [3.8, 4) is 22.9 Å². The molecule has 0 aliphatic heterocycles. The number of anilines is 1. The first-order chi connectivity index (χ1) is 14.9. The summed E-state index contributed by atoms with van der Waals surface area (Å²) in [4.78, 5) is 28.4. The summed E-state index contributed by atoms with van der Waals surface area (Å²) in [6, 6.07) is 10.3. The molecule has 0 spiro atoms. The fourth-order valence-corrected chi connectivity index (χ4v) is 2.88. The van der Waals surface area contributed by atoms with E-state index in [2.05, 4.69) is 15.5 Å². The molecule has 0 atom stereocenters. The van der Waals surface area contributed by atoms with E-state index in [1.807, 2.05) is 6.92 Å². The Balaban J connectivity index is 1.63. The normalized spacial score (nSPS) is 10.5. The molecule has 9 nitrogen and oxygen atoms in total. The van der Waals surface area contributed by atoms with Crippen LogP contribution in [0.1, 0.15) is 28.2 Å². The van der Waals surface area contributed by atoms with Crippen LogP contribution in [0, 0.1) is 6.92 Å². The van der Waals surface area contributed by atoms with Gasteiger partial charge in [-0.3, -0.25) is 4.79 Å². The molecule has 0 saturated heterocycles. The zero-order valence-corrected chi connectivity index (χ0v) is 17.7. The number of hydrogen-bond donors (Lipinski definition) is 1. The van der Waals surface area contributed by atoms with E-state index in [9.17, 15) is 9.59 Å². The van der Waals surface area contributed by atoms with Crippen LogP contribution in [0.3, 0.4) is 0 Å². The number of rotatable bonds is 8. The second kappa shape index (κ2) is 9.75. The van der Waals surface area contributed by atoms with Crippen molar-refractivity contribution in [2.75, 3.05) is 26.6 Å². The van der Waals surface area contributed by atoms with Crippen LogP contribution in [-0.2, 0) is 16.0 Å². The number of ether oxygens (including phenoxy) is 3. The SMILES string of the molecule is COC(=O)c1ccc(C)c(NC(=O)CCc2nc(-c3ccc(OC)c(OC)c3)no2)c1. The topological polar surface area (TPSA) is 113 Å². The number of nitrogens with one attached hydrogen (secondary N) is 1. The molecule has 0 saturated carbocycles. The highest BCUT2D eigenvalue weighted by atomic mass is 16.5. The predicted octanol–water partition coefficient (Wildman–Crippen LogP) is 3.42. The lowest BCUT2D eigenvalue weighted by atomic mass is 10.1. The summed E-state index contributed by atoms with van der Waals surface area (Å²) in [5.74, 6) is 1.16. The number of aromatic nitrogens is 2. The lowest BCUT2D eigenvalue weighted by Crippen LogP contribution is -2.14. The van der Waals surface area contributed by atoms with Gasteiger partial charge in [-0.2, -0.15) is 4.98 Å². The van der Waals surface area contributed by atoms with Crippen LogP contribution >= 0.6 is 0 Å². The third-order valence-electron chi connectivity index (χ3n) is 4.61. The summed E-state index contributed by atoms with van der Waals surface area (Å²) >= 11 is 0. The number of methoxy groups -OCH3 is 3. The average molecular weight is 425 g/mol. The predicted molar refractivity (Wildman–Crippen MR) is 112 cm³/mol. The standard InChI is InChI=1S/C22H23N3O6/c1-13-5-6-15(22(27)30-4)11-16(13)23-19(26)9-10-20-24-21(25-31-20)14-7-8-17(28-2)18(12-14)29-3/h5-8,11-12H,9-10H2,1-4H3,(H,23,26). The largest absolute Gasteiger partial charge is 0.493 e. The van der Waals surface area contributed by atoms with E-state index < -0.39 is 5.97 Å². The third-order valence-corrected chi connectivity index (χ3v) is 4.61. The summed E-state index contributed by atoms with van der Waals surface area (Å²) in [5, 5.41) is 6.77. The molecule has 9 heteroatoms. The zero-order valence-electron chi connectivity index (χ0n) is 17.7. The molecule has 0 bridgehead atoms. The summed E-state index contributed by atoms with van der Waals surface area (Å²) in [6.45, 7) is 1.84. The number of carbonyl (C=O) groups is 2. The number of aryl methyl sites for hydroxylation is 2. The van der Waals surface area contributed by atoms with Crippen LogP contribution in [0.15, 0.2) is 40.9 Å². The van der Waals surface area contributed by atoms with Gasteiger partial charge >= 0.3 is 5.97 Å². The van der Waals surface area contributed by atoms with Gasteiger partial charge in [0.2, 0.25) is 17.6 Å². The molecule has 3 rings (SSSR count). The van der Waals surface area contributed by atoms with Gasteiger partial charge < -0.3 is 24.1 Å². The van der Waals surface area contributed by atoms with Gasteiger partial charge in [0.1, 0.15) is 0 Å². The minimum Gasteiger partial charge on any atom is -0.493 e. The van der Waals surface area contributed by atoms with Gasteiger partial charge in [0, 0.05) is 24.1 Å². The van der Waals surface area contributed by atoms with E-state index in [0.717, 1.165) is 5.56 Å². The van der Waals surface area contributed by atoms with Gasteiger partial charge in [-0.25, -0.2) is 4.79 Å². The Bertz CT molecular complexity index is 1090. The maximum atomic E-state index is 12.4. The minimum atomic E-state index is -0.468. The lowest BCUT2D eigenvalue weighted by Gasteiger charge is -2.09. The summed E-state index contributed by atoms with van der Waals surface area (Å²) in [6.07, 6.45) is 0.400. The van der Waals surface area contributed by atoms with Crippen LogP contribution in [-0.4, -0.2) is 43.3 Å². The van der Waals surface area contributed by atoms with Crippen molar-refractivity contribution in [2.24, 2.45) is 0 Å². The van der Waals surface area contributed by atoms with Crippen LogP contribution < -0.4 is 14.8 Å². The molecule has 0 unspecified atom stereocenters. The molecular formula is C22H23N3O6. The Morgan fingerprint density at radius 2 is 1.81 bits per heavy atom. The quantitative estimate of drug-likeness (QED) is 0.546. The van der Waals surface area contributed by atoms with E-state index in [1.165, 1.54) is 7.11 Å². The van der Waals surface area contributed by atoms with E-state index in [1.54, 1.807) is 50.6 Å². The Hall–Kier alpha value is -3.88. The molecule has 31 heavy (non-hydrogen) atoms. The Morgan fingerprint density at radius 1 is 1.03 bits per heavy atom. The van der Waals surface area contributed by atoms with Crippen molar-refractivity contribution in [3.05, 3.63) is 53.4 Å². The summed E-state index contributed by atoms with van der Waals surface area (Å²) in [5.41, 5.74) is 2.44. The lowest BCUT2D eigenvalue weighted by molar-refractivity contribution is -0.116. The highest BCUT2D eigenvalue weighted by Crippen LogP contribution is 2.31. The van der Waals surface area contributed by atoms with Crippen LogP contribution in [0.4, 0.5) is 5.69 Å². The highest BCUT2D eigenvalue weighted by molar-refractivity contribution is 5.95. The van der Waals surface area contributed by atoms with Crippen molar-refractivity contribution in [2.45, 2.75) is 19.8 Å². The van der Waals surface area contributed by atoms with Crippen molar-refractivity contribution in [1.82, 2.24) is 10.1 Å². The first kappa shape index (κ1) is 21.8. The van der Waals surface area contributed by atoms with Gasteiger partial charge in [0.15, 0.2) is 11.5 Å². The maximum Gasteiger partial charge on any atom is 0.337 e. The van der Waals surface area contributed by atoms with Gasteiger partial charge in [-0.05, 0) is 42.8 Å². The van der Waals surface area contributed by atoms with Gasteiger partial charge in [-0.15, -0.1) is 0 Å². The molecule has 1 aromatic heterocycles. The van der Waals surface area contributed by atoms with Crippen molar-refractivity contribution in [3.63, 3.8) is 0 Å². The van der Waals surface area contributed by atoms with E-state index >= 15 is 0 Å². The van der Waals surface area contributed by atoms with E-state index in [4.69, 9.17) is 18.7 Å². The number of nitrogens with zero attached hydrogens (tertiary/aromatic N) is 2. The van der Waals surface area contributed by atoms with E-state index in [-0.39, 0.29) is 18.7 Å². The fraction of sp³-hybridized carbons (Fsp3) is 0.273. The van der Waals surface area contributed by atoms with Crippen molar-refractivity contribution in [1.29, 1.82) is 0 Å². The van der Waals surface area contributed by atoms with Crippen molar-refractivity contribution < 1.29 is 28.3 Å². The molecule has 1 amide bonds. The maximum absolute atomic E-state index is 12.4. The molecule has 0 aliphatic rings. The smallest absolute Gasteiger partial charge is 0.337 e. The number of hydrogen-bond acceptors (Lipinski definition) is 8. The second-order valence-electron chi connectivity index (χ2n) is 6.65. The van der Waals surface area contributed by atoms with E-state index in [0.29, 0.717) is 40.0 Å². The molecule has 162 valence electrons. The Labute approximate surface area is 179 Å². The zero-order chi connectivity index (χ0) is 22.4. The first-order valence-corrected chi connectivity index (χ1v) is 9.49. The minimum absolute atomic E-state index is 0.134. The first-order valence-electron chi connectivity index (χ1n) is 9.49. The summed E-state index contributed by atoms with van der Waals surface area (Å²) < 4.78 is 20.5. The van der Waals surface area contributed by atoms with Gasteiger partial charge in [0.25, 0.3) is 0 Å². The Kier molecular flexibility index (Phi) is 6.86. The molecule has 0 fully saturated rings. The molecule has 0 aliphatic carbocycles. The van der Waals surface area contributed by atoms with Crippen LogP contribution in [0.25, 0.3) is 11.4 Å². The average Bonchev–Trinajstić information content (AvgIpc) is 3.27. The monoisotopic (exact) mass is 425 g/mol. The van der Waals surface area contributed by atoms with Gasteiger partial charge in [-0.1, -0.05) is 11.2 Å². The summed E-state index contributed by atoms with van der Waals surface area (Å²) in [7, 11) is 4.41. The second-order valence-corrected chi connectivity index (χ2v) is 6.65. The number of benzene rings is 2. The highest BCUT2D eigenvalue weighted by Gasteiger charge is 2.14. The molecule has 1 N–H and O–H groups in total. The molecule has 0 radical (unpaired) electrons. The number of carbonyl (C=O) groups excluding carboxylic acids is 2. The van der Waals surface area contributed by atoms with Crippen LogP contribution in [0.2, 0.25) is 0 Å². The van der Waals surface area contributed by atoms with Crippen LogP contribution in [0.5, 0.6) is 11.5 Å². The molecule has 2 aromatic carbocycles. The van der Waals surface area contributed by atoms with Gasteiger partial charge in [0.05, 0.1) is 26.9 Å². The fourth-order valence-electron chi connectivity index (χ4n) is 2.88. The molecule has 3 aromatic rings. The molecular weight excluding hydrogens is 402 g/mol. The van der Waals surface area contributed by atoms with Crippen molar-refractivity contribution >= 4 is 17.6 Å². The molecule has 1 heterocycles. The number of amides is 1. The number of esters is 1. The Morgan fingerprint density at radius 3 is 2.52 bits per heavy atom. The third kappa shape index (κ3) is 5.19.